The van der Waals surface area contributed by atoms with Crippen molar-refractivity contribution in [3.63, 3.8) is 0 Å². The third-order valence-electron chi connectivity index (χ3n) is 3.05. The zero-order valence-electron chi connectivity index (χ0n) is 11.6. The minimum absolute atomic E-state index is 0.121. The van der Waals surface area contributed by atoms with E-state index in [1.165, 1.54) is 0 Å². The van der Waals surface area contributed by atoms with Crippen LogP contribution in [0.3, 0.4) is 0 Å². The van der Waals surface area contributed by atoms with Crippen molar-refractivity contribution in [1.82, 2.24) is 20.9 Å². The molecule has 0 saturated carbocycles. The van der Waals surface area contributed by atoms with Crippen LogP contribution in [0, 0.1) is 0 Å². The average Bonchev–Trinajstić information content (AvgIpc) is 2.45. The summed E-state index contributed by atoms with van der Waals surface area (Å²) < 4.78 is 0. The quantitative estimate of drug-likeness (QED) is 0.499. The van der Waals surface area contributed by atoms with E-state index in [9.17, 15) is 14.4 Å². The van der Waals surface area contributed by atoms with Crippen LogP contribution in [0.15, 0.2) is 0 Å². The molecule has 1 atom stereocenters. The smallest absolute Gasteiger partial charge is 0.326 e. The number of urea groups is 1. The van der Waals surface area contributed by atoms with Gasteiger partial charge in [-0.3, -0.25) is 4.79 Å². The van der Waals surface area contributed by atoms with Gasteiger partial charge in [0.1, 0.15) is 6.04 Å². The SMILES string of the molecule is CCCC(NC(=O)NCC(=O)N1CCNCC1)C(=O)O. The Balaban J connectivity index is 2.30. The molecular weight excluding hydrogens is 264 g/mol. The fourth-order valence-corrected chi connectivity index (χ4v) is 1.94. The number of nitrogens with one attached hydrogen (secondary N) is 3. The molecule has 0 aromatic carbocycles. The molecule has 0 aromatic rings. The Morgan fingerprint density at radius 1 is 1.30 bits per heavy atom. The summed E-state index contributed by atoms with van der Waals surface area (Å²) in [5.74, 6) is -1.24. The van der Waals surface area contributed by atoms with Crippen LogP contribution < -0.4 is 16.0 Å². The number of aliphatic carboxylic acids is 1. The van der Waals surface area contributed by atoms with E-state index < -0.39 is 18.0 Å². The molecule has 0 aliphatic carbocycles. The second kappa shape index (κ2) is 8.36. The Morgan fingerprint density at radius 3 is 2.50 bits per heavy atom. The van der Waals surface area contributed by atoms with E-state index in [2.05, 4.69) is 16.0 Å². The highest BCUT2D eigenvalue weighted by Gasteiger charge is 2.20. The number of hydrogen-bond donors (Lipinski definition) is 4. The predicted molar refractivity (Wildman–Crippen MR) is 72.3 cm³/mol. The molecule has 1 rings (SSSR count). The number of amides is 3. The summed E-state index contributed by atoms with van der Waals surface area (Å²) in [6.45, 7) is 4.45. The molecule has 0 radical (unpaired) electrons. The lowest BCUT2D eigenvalue weighted by molar-refractivity contribution is -0.139. The number of carboxylic acid groups (broad SMARTS) is 1. The normalized spacial score (nSPS) is 16.4. The summed E-state index contributed by atoms with van der Waals surface area (Å²) in [6.07, 6.45) is 1.01. The molecule has 0 aromatic heterocycles. The molecule has 8 nitrogen and oxygen atoms in total. The van der Waals surface area contributed by atoms with Gasteiger partial charge in [-0.2, -0.15) is 0 Å². The first-order valence-electron chi connectivity index (χ1n) is 6.80. The standard InChI is InChI=1S/C12H22N4O4/c1-2-3-9(11(18)19)15-12(20)14-8-10(17)16-6-4-13-5-7-16/h9,13H,2-8H2,1H3,(H,18,19)(H2,14,15,20). The van der Waals surface area contributed by atoms with Crippen LogP contribution in [0.2, 0.25) is 0 Å². The Labute approximate surface area is 117 Å². The van der Waals surface area contributed by atoms with Crippen molar-refractivity contribution in [3.05, 3.63) is 0 Å². The highest BCUT2D eigenvalue weighted by molar-refractivity contribution is 5.86. The van der Waals surface area contributed by atoms with Gasteiger partial charge in [-0.1, -0.05) is 13.3 Å². The summed E-state index contributed by atoms with van der Waals surface area (Å²) in [5, 5.41) is 16.8. The van der Waals surface area contributed by atoms with Crippen LogP contribution in [0.4, 0.5) is 4.79 Å². The Bertz CT molecular complexity index is 355. The molecule has 1 aliphatic rings. The fourth-order valence-electron chi connectivity index (χ4n) is 1.94. The van der Waals surface area contributed by atoms with E-state index in [1.807, 2.05) is 6.92 Å². The first-order valence-corrected chi connectivity index (χ1v) is 6.80. The van der Waals surface area contributed by atoms with Crippen LogP contribution in [-0.2, 0) is 9.59 Å². The fraction of sp³-hybridized carbons (Fsp3) is 0.750. The van der Waals surface area contributed by atoms with Gasteiger partial charge in [0.25, 0.3) is 0 Å². The minimum Gasteiger partial charge on any atom is -0.480 e. The second-order valence-electron chi connectivity index (χ2n) is 4.64. The van der Waals surface area contributed by atoms with Crippen LogP contribution in [-0.4, -0.2) is 66.7 Å². The molecule has 1 heterocycles. The molecule has 1 aliphatic heterocycles. The van der Waals surface area contributed by atoms with E-state index in [1.54, 1.807) is 4.90 Å². The maximum atomic E-state index is 11.8. The van der Waals surface area contributed by atoms with Crippen molar-refractivity contribution < 1.29 is 19.5 Å². The van der Waals surface area contributed by atoms with Crippen molar-refractivity contribution >= 4 is 17.9 Å². The Kier molecular flexibility index (Phi) is 6.78. The van der Waals surface area contributed by atoms with E-state index in [-0.39, 0.29) is 12.5 Å². The lowest BCUT2D eigenvalue weighted by atomic mass is 10.2. The lowest BCUT2D eigenvalue weighted by Gasteiger charge is -2.27. The molecular formula is C12H22N4O4. The van der Waals surface area contributed by atoms with Gasteiger partial charge in [-0.15, -0.1) is 0 Å². The first kappa shape index (κ1) is 16.2. The second-order valence-corrected chi connectivity index (χ2v) is 4.64. The zero-order chi connectivity index (χ0) is 15.0. The summed E-state index contributed by atoms with van der Waals surface area (Å²) in [6, 6.07) is -1.55. The summed E-state index contributed by atoms with van der Waals surface area (Å²) in [4.78, 5) is 35.9. The number of carboxylic acids is 1. The molecule has 0 bridgehead atoms. The molecule has 4 N–H and O–H groups in total. The number of hydrogen-bond acceptors (Lipinski definition) is 4. The minimum atomic E-state index is -1.07. The zero-order valence-corrected chi connectivity index (χ0v) is 11.6. The van der Waals surface area contributed by atoms with Gasteiger partial charge in [0.05, 0.1) is 6.54 Å². The number of nitrogens with zero attached hydrogens (tertiary/aromatic N) is 1. The predicted octanol–water partition coefficient (Wildman–Crippen LogP) is -1.03. The van der Waals surface area contributed by atoms with Crippen LogP contribution in [0.1, 0.15) is 19.8 Å². The van der Waals surface area contributed by atoms with Gasteiger partial charge in [0.15, 0.2) is 0 Å². The van der Waals surface area contributed by atoms with Gasteiger partial charge in [0, 0.05) is 26.2 Å². The van der Waals surface area contributed by atoms with Gasteiger partial charge in [-0.25, -0.2) is 9.59 Å². The van der Waals surface area contributed by atoms with Crippen LogP contribution >= 0.6 is 0 Å². The van der Waals surface area contributed by atoms with E-state index in [0.29, 0.717) is 25.9 Å². The molecule has 3 amide bonds. The third kappa shape index (κ3) is 5.43. The van der Waals surface area contributed by atoms with Gasteiger partial charge in [0.2, 0.25) is 5.91 Å². The molecule has 20 heavy (non-hydrogen) atoms. The summed E-state index contributed by atoms with van der Waals surface area (Å²) in [5.41, 5.74) is 0. The molecule has 114 valence electrons. The first-order chi connectivity index (χ1) is 9.54. The highest BCUT2D eigenvalue weighted by Crippen LogP contribution is 1.97. The average molecular weight is 286 g/mol. The van der Waals surface area contributed by atoms with E-state index in [4.69, 9.17) is 5.11 Å². The maximum absolute atomic E-state index is 11.8. The van der Waals surface area contributed by atoms with Gasteiger partial charge < -0.3 is 26.0 Å². The van der Waals surface area contributed by atoms with Crippen molar-refractivity contribution in [2.24, 2.45) is 0 Å². The van der Waals surface area contributed by atoms with Crippen LogP contribution in [0.25, 0.3) is 0 Å². The number of carbonyl (C=O) groups is 3. The molecule has 0 spiro atoms. The van der Waals surface area contributed by atoms with Gasteiger partial charge >= 0.3 is 12.0 Å². The van der Waals surface area contributed by atoms with Gasteiger partial charge in [-0.05, 0) is 6.42 Å². The molecule has 1 saturated heterocycles. The van der Waals surface area contributed by atoms with Crippen molar-refractivity contribution in [2.75, 3.05) is 32.7 Å². The largest absolute Gasteiger partial charge is 0.480 e. The van der Waals surface area contributed by atoms with Crippen LogP contribution in [0.5, 0.6) is 0 Å². The van der Waals surface area contributed by atoms with E-state index >= 15 is 0 Å². The number of piperazine rings is 1. The topological polar surface area (TPSA) is 111 Å². The molecule has 8 heteroatoms. The third-order valence-corrected chi connectivity index (χ3v) is 3.05. The monoisotopic (exact) mass is 286 g/mol. The Hall–Kier alpha value is -1.83. The number of carbonyl (C=O) groups excluding carboxylic acids is 2. The Morgan fingerprint density at radius 2 is 1.95 bits per heavy atom. The summed E-state index contributed by atoms with van der Waals surface area (Å²) >= 11 is 0. The maximum Gasteiger partial charge on any atom is 0.326 e. The van der Waals surface area contributed by atoms with Crippen molar-refractivity contribution in [3.8, 4) is 0 Å². The van der Waals surface area contributed by atoms with E-state index in [0.717, 1.165) is 13.1 Å². The summed E-state index contributed by atoms with van der Waals surface area (Å²) in [7, 11) is 0. The van der Waals surface area contributed by atoms with Crippen molar-refractivity contribution in [2.45, 2.75) is 25.8 Å². The molecule has 1 fully saturated rings. The van der Waals surface area contributed by atoms with Crippen molar-refractivity contribution in [1.29, 1.82) is 0 Å². The molecule has 1 unspecified atom stereocenters. The lowest BCUT2D eigenvalue weighted by Crippen LogP contribution is -2.52. The number of rotatable bonds is 6. The highest BCUT2D eigenvalue weighted by atomic mass is 16.4.